The SMILES string of the molecule is COc1ccc(C(=O)C2CCCCC2)cc1NC(=O)c1cccnc1. The van der Waals surface area contributed by atoms with Crippen LogP contribution in [-0.4, -0.2) is 23.8 Å². The van der Waals surface area contributed by atoms with Gasteiger partial charge < -0.3 is 10.1 Å². The van der Waals surface area contributed by atoms with E-state index < -0.39 is 0 Å². The number of nitrogens with zero attached hydrogens (tertiary/aromatic N) is 1. The summed E-state index contributed by atoms with van der Waals surface area (Å²) in [4.78, 5) is 29.1. The predicted octanol–water partition coefficient (Wildman–Crippen LogP) is 4.11. The van der Waals surface area contributed by atoms with Gasteiger partial charge in [0.25, 0.3) is 5.91 Å². The fraction of sp³-hybridized carbons (Fsp3) is 0.350. The number of carbonyl (C=O) groups is 2. The number of carbonyl (C=O) groups excluding carboxylic acids is 2. The Morgan fingerprint density at radius 1 is 1.12 bits per heavy atom. The summed E-state index contributed by atoms with van der Waals surface area (Å²) >= 11 is 0. The molecule has 1 fully saturated rings. The van der Waals surface area contributed by atoms with E-state index in [2.05, 4.69) is 10.3 Å². The van der Waals surface area contributed by atoms with E-state index in [4.69, 9.17) is 4.74 Å². The number of ether oxygens (including phenoxy) is 1. The predicted molar refractivity (Wildman–Crippen MR) is 96.1 cm³/mol. The van der Waals surface area contributed by atoms with Crippen LogP contribution in [0.2, 0.25) is 0 Å². The highest BCUT2D eigenvalue weighted by Gasteiger charge is 2.23. The number of Topliss-reactive ketones (excluding diaryl/α,β-unsaturated/α-hetero) is 1. The molecule has 5 heteroatoms. The highest BCUT2D eigenvalue weighted by molar-refractivity contribution is 6.06. The molecular formula is C20H22N2O3. The molecule has 0 saturated heterocycles. The van der Waals surface area contributed by atoms with Gasteiger partial charge in [-0.05, 0) is 43.2 Å². The Labute approximate surface area is 147 Å². The number of anilines is 1. The summed E-state index contributed by atoms with van der Waals surface area (Å²) in [7, 11) is 1.54. The van der Waals surface area contributed by atoms with Gasteiger partial charge in [0.05, 0.1) is 18.4 Å². The molecule has 25 heavy (non-hydrogen) atoms. The summed E-state index contributed by atoms with van der Waals surface area (Å²) in [6.45, 7) is 0. The second kappa shape index (κ2) is 7.92. The lowest BCUT2D eigenvalue weighted by molar-refractivity contribution is 0.0889. The number of pyridine rings is 1. The van der Waals surface area contributed by atoms with E-state index in [1.165, 1.54) is 19.7 Å². The average molecular weight is 338 g/mol. The molecule has 2 aromatic rings. The van der Waals surface area contributed by atoms with Crippen LogP contribution < -0.4 is 10.1 Å². The second-order valence-electron chi connectivity index (χ2n) is 6.31. The minimum Gasteiger partial charge on any atom is -0.495 e. The number of benzene rings is 1. The third-order valence-electron chi connectivity index (χ3n) is 4.63. The van der Waals surface area contributed by atoms with Crippen molar-refractivity contribution in [3.8, 4) is 5.75 Å². The Bertz CT molecular complexity index is 753. The van der Waals surface area contributed by atoms with Crippen LogP contribution in [0, 0.1) is 5.92 Å². The maximum absolute atomic E-state index is 12.7. The Morgan fingerprint density at radius 2 is 1.92 bits per heavy atom. The molecule has 0 atom stereocenters. The van der Waals surface area contributed by atoms with Crippen LogP contribution in [-0.2, 0) is 0 Å². The normalized spacial score (nSPS) is 14.8. The van der Waals surface area contributed by atoms with Crippen molar-refractivity contribution >= 4 is 17.4 Å². The molecule has 0 aliphatic heterocycles. The molecule has 0 spiro atoms. The zero-order valence-corrected chi connectivity index (χ0v) is 14.3. The van der Waals surface area contributed by atoms with Crippen LogP contribution in [0.25, 0.3) is 0 Å². The second-order valence-corrected chi connectivity index (χ2v) is 6.31. The summed E-state index contributed by atoms with van der Waals surface area (Å²) in [6, 6.07) is 8.61. The first-order valence-corrected chi connectivity index (χ1v) is 8.62. The number of nitrogens with one attached hydrogen (secondary N) is 1. The molecule has 1 saturated carbocycles. The molecule has 1 N–H and O–H groups in total. The molecule has 1 aliphatic carbocycles. The van der Waals surface area contributed by atoms with E-state index in [0.717, 1.165) is 25.7 Å². The minimum absolute atomic E-state index is 0.0871. The molecule has 130 valence electrons. The van der Waals surface area contributed by atoms with Crippen LogP contribution in [0.4, 0.5) is 5.69 Å². The zero-order chi connectivity index (χ0) is 17.6. The average Bonchev–Trinajstić information content (AvgIpc) is 2.68. The smallest absolute Gasteiger partial charge is 0.257 e. The maximum Gasteiger partial charge on any atom is 0.257 e. The van der Waals surface area contributed by atoms with Gasteiger partial charge >= 0.3 is 0 Å². The lowest BCUT2D eigenvalue weighted by atomic mass is 9.84. The van der Waals surface area contributed by atoms with E-state index in [1.54, 1.807) is 36.5 Å². The minimum atomic E-state index is -0.284. The molecular weight excluding hydrogens is 316 g/mol. The monoisotopic (exact) mass is 338 g/mol. The number of methoxy groups -OCH3 is 1. The lowest BCUT2D eigenvalue weighted by Crippen LogP contribution is -2.18. The summed E-state index contributed by atoms with van der Waals surface area (Å²) in [5.41, 5.74) is 1.57. The van der Waals surface area contributed by atoms with Gasteiger partial charge in [0, 0.05) is 23.9 Å². The van der Waals surface area contributed by atoms with Crippen molar-refractivity contribution in [1.82, 2.24) is 4.98 Å². The van der Waals surface area contributed by atoms with Crippen LogP contribution in [0.15, 0.2) is 42.7 Å². The highest BCUT2D eigenvalue weighted by atomic mass is 16.5. The highest BCUT2D eigenvalue weighted by Crippen LogP contribution is 2.31. The number of hydrogen-bond donors (Lipinski definition) is 1. The summed E-state index contributed by atoms with van der Waals surface area (Å²) in [6.07, 6.45) is 8.43. The van der Waals surface area contributed by atoms with Gasteiger partial charge in [-0.25, -0.2) is 0 Å². The number of hydrogen-bond acceptors (Lipinski definition) is 4. The van der Waals surface area contributed by atoms with Crippen molar-refractivity contribution in [3.63, 3.8) is 0 Å². The number of ketones is 1. The van der Waals surface area contributed by atoms with Crippen molar-refractivity contribution in [3.05, 3.63) is 53.9 Å². The first-order chi connectivity index (χ1) is 12.2. The number of amides is 1. The molecule has 1 aromatic heterocycles. The molecule has 0 radical (unpaired) electrons. The molecule has 1 aromatic carbocycles. The van der Waals surface area contributed by atoms with Crippen LogP contribution >= 0.6 is 0 Å². The van der Waals surface area contributed by atoms with Gasteiger partial charge in [-0.2, -0.15) is 0 Å². The largest absolute Gasteiger partial charge is 0.495 e. The molecule has 3 rings (SSSR count). The lowest BCUT2D eigenvalue weighted by Gasteiger charge is -2.21. The Morgan fingerprint density at radius 3 is 2.60 bits per heavy atom. The third-order valence-corrected chi connectivity index (χ3v) is 4.63. The van der Waals surface area contributed by atoms with Crippen LogP contribution in [0.1, 0.15) is 52.8 Å². The van der Waals surface area contributed by atoms with Gasteiger partial charge in [-0.1, -0.05) is 19.3 Å². The quantitative estimate of drug-likeness (QED) is 0.833. The van der Waals surface area contributed by atoms with E-state index in [9.17, 15) is 9.59 Å². The van der Waals surface area contributed by atoms with E-state index in [-0.39, 0.29) is 17.6 Å². The van der Waals surface area contributed by atoms with E-state index in [1.807, 2.05) is 0 Å². The summed E-state index contributed by atoms with van der Waals surface area (Å²) in [5.74, 6) is 0.481. The summed E-state index contributed by atoms with van der Waals surface area (Å²) in [5, 5.41) is 2.82. The van der Waals surface area contributed by atoms with Gasteiger partial charge in [0.1, 0.15) is 5.75 Å². The summed E-state index contributed by atoms with van der Waals surface area (Å²) < 4.78 is 5.32. The Hall–Kier alpha value is -2.69. The fourth-order valence-corrected chi connectivity index (χ4v) is 3.25. The first-order valence-electron chi connectivity index (χ1n) is 8.62. The molecule has 0 unspecified atom stereocenters. The van der Waals surface area contributed by atoms with Gasteiger partial charge in [-0.15, -0.1) is 0 Å². The molecule has 1 amide bonds. The van der Waals surface area contributed by atoms with Crippen molar-refractivity contribution in [2.24, 2.45) is 5.92 Å². The molecule has 1 heterocycles. The maximum atomic E-state index is 12.7. The van der Waals surface area contributed by atoms with E-state index >= 15 is 0 Å². The standard InChI is InChI=1S/C20H22N2O3/c1-25-18-10-9-15(19(23)14-6-3-2-4-7-14)12-17(18)22-20(24)16-8-5-11-21-13-16/h5,8-14H,2-4,6-7H2,1H3,(H,22,24). The van der Waals surface area contributed by atoms with Crippen molar-refractivity contribution in [1.29, 1.82) is 0 Å². The molecule has 5 nitrogen and oxygen atoms in total. The van der Waals surface area contributed by atoms with Gasteiger partial charge in [0.2, 0.25) is 0 Å². The number of aromatic nitrogens is 1. The van der Waals surface area contributed by atoms with Crippen molar-refractivity contribution in [2.75, 3.05) is 12.4 Å². The third kappa shape index (κ3) is 4.05. The first kappa shape index (κ1) is 17.1. The van der Waals surface area contributed by atoms with E-state index in [0.29, 0.717) is 22.6 Å². The van der Waals surface area contributed by atoms with Gasteiger partial charge in [0.15, 0.2) is 5.78 Å². The zero-order valence-electron chi connectivity index (χ0n) is 14.3. The Balaban J connectivity index is 1.82. The Kier molecular flexibility index (Phi) is 5.43. The van der Waals surface area contributed by atoms with Crippen LogP contribution in [0.3, 0.4) is 0 Å². The fourth-order valence-electron chi connectivity index (χ4n) is 3.25. The van der Waals surface area contributed by atoms with Crippen LogP contribution in [0.5, 0.6) is 5.75 Å². The molecule has 0 bridgehead atoms. The molecule has 1 aliphatic rings. The van der Waals surface area contributed by atoms with Crippen molar-refractivity contribution < 1.29 is 14.3 Å². The number of rotatable bonds is 5. The topological polar surface area (TPSA) is 68.3 Å². The van der Waals surface area contributed by atoms with Crippen molar-refractivity contribution in [2.45, 2.75) is 32.1 Å². The van der Waals surface area contributed by atoms with Gasteiger partial charge in [-0.3, -0.25) is 14.6 Å².